The molecule has 4 nitrogen and oxygen atoms in total. The standard InChI is InChI=1S/C9H15N3OS/c1-7(10)2-3-8(13)12-6-9-11-4-5-14-9/h4-5,7H,2-3,6,10H2,1H3,(H,12,13). The van der Waals surface area contributed by atoms with Crippen molar-refractivity contribution >= 4 is 17.2 Å². The summed E-state index contributed by atoms with van der Waals surface area (Å²) in [7, 11) is 0. The van der Waals surface area contributed by atoms with E-state index in [1.54, 1.807) is 6.20 Å². The van der Waals surface area contributed by atoms with Gasteiger partial charge < -0.3 is 11.1 Å². The van der Waals surface area contributed by atoms with Crippen LogP contribution in [0.25, 0.3) is 0 Å². The molecule has 0 aliphatic carbocycles. The lowest BCUT2D eigenvalue weighted by Crippen LogP contribution is -2.25. The molecule has 1 aromatic rings. The smallest absolute Gasteiger partial charge is 0.220 e. The minimum absolute atomic E-state index is 0.0394. The fourth-order valence-corrected chi connectivity index (χ4v) is 1.52. The van der Waals surface area contributed by atoms with Crippen LogP contribution < -0.4 is 11.1 Å². The second-order valence-electron chi connectivity index (χ2n) is 3.22. The molecular formula is C9H15N3OS. The normalized spacial score (nSPS) is 12.4. The van der Waals surface area contributed by atoms with Crippen LogP contribution in [-0.2, 0) is 11.3 Å². The zero-order valence-electron chi connectivity index (χ0n) is 8.19. The van der Waals surface area contributed by atoms with Crippen molar-refractivity contribution in [3.8, 4) is 0 Å². The number of carbonyl (C=O) groups excluding carboxylic acids is 1. The van der Waals surface area contributed by atoms with E-state index >= 15 is 0 Å². The Morgan fingerprint density at radius 1 is 1.79 bits per heavy atom. The fourth-order valence-electron chi connectivity index (χ4n) is 0.962. The summed E-state index contributed by atoms with van der Waals surface area (Å²) >= 11 is 1.54. The van der Waals surface area contributed by atoms with Gasteiger partial charge in [-0.15, -0.1) is 11.3 Å². The third kappa shape index (κ3) is 4.34. The minimum atomic E-state index is 0.0394. The van der Waals surface area contributed by atoms with E-state index in [0.717, 1.165) is 11.4 Å². The van der Waals surface area contributed by atoms with Gasteiger partial charge in [0, 0.05) is 24.0 Å². The van der Waals surface area contributed by atoms with Gasteiger partial charge in [-0.05, 0) is 13.3 Å². The van der Waals surface area contributed by atoms with Crippen molar-refractivity contribution in [3.05, 3.63) is 16.6 Å². The topological polar surface area (TPSA) is 68.0 Å². The molecule has 1 atom stereocenters. The number of amides is 1. The highest BCUT2D eigenvalue weighted by molar-refractivity contribution is 7.09. The van der Waals surface area contributed by atoms with Crippen LogP contribution in [0.4, 0.5) is 0 Å². The molecule has 0 fully saturated rings. The van der Waals surface area contributed by atoms with Crippen LogP contribution in [0, 0.1) is 0 Å². The Morgan fingerprint density at radius 2 is 2.57 bits per heavy atom. The summed E-state index contributed by atoms with van der Waals surface area (Å²) in [6.45, 7) is 2.42. The van der Waals surface area contributed by atoms with Crippen LogP contribution in [0.3, 0.4) is 0 Å². The summed E-state index contributed by atoms with van der Waals surface area (Å²) in [6.07, 6.45) is 2.95. The fraction of sp³-hybridized carbons (Fsp3) is 0.556. The monoisotopic (exact) mass is 213 g/mol. The van der Waals surface area contributed by atoms with E-state index in [1.165, 1.54) is 11.3 Å². The molecule has 3 N–H and O–H groups in total. The maximum absolute atomic E-state index is 11.3. The van der Waals surface area contributed by atoms with E-state index in [0.29, 0.717) is 13.0 Å². The molecule has 0 aromatic carbocycles. The number of carbonyl (C=O) groups is 1. The highest BCUT2D eigenvalue weighted by Crippen LogP contribution is 2.03. The molecule has 0 bridgehead atoms. The average Bonchev–Trinajstić information content (AvgIpc) is 2.63. The number of aromatic nitrogens is 1. The quantitative estimate of drug-likeness (QED) is 0.763. The second kappa shape index (κ2) is 5.72. The van der Waals surface area contributed by atoms with Gasteiger partial charge in [0.15, 0.2) is 0 Å². The zero-order valence-corrected chi connectivity index (χ0v) is 9.01. The number of nitrogens with two attached hydrogens (primary N) is 1. The first-order valence-corrected chi connectivity index (χ1v) is 5.47. The van der Waals surface area contributed by atoms with Crippen molar-refractivity contribution in [1.29, 1.82) is 0 Å². The van der Waals surface area contributed by atoms with Crippen LogP contribution in [0.1, 0.15) is 24.8 Å². The highest BCUT2D eigenvalue weighted by atomic mass is 32.1. The van der Waals surface area contributed by atoms with Crippen LogP contribution in [0.15, 0.2) is 11.6 Å². The van der Waals surface area contributed by atoms with Gasteiger partial charge in [-0.25, -0.2) is 4.98 Å². The Morgan fingerprint density at radius 3 is 3.14 bits per heavy atom. The van der Waals surface area contributed by atoms with Crippen LogP contribution in [0.5, 0.6) is 0 Å². The first-order valence-electron chi connectivity index (χ1n) is 4.59. The first kappa shape index (κ1) is 11.1. The Hall–Kier alpha value is -0.940. The number of nitrogens with one attached hydrogen (secondary N) is 1. The summed E-state index contributed by atoms with van der Waals surface area (Å²) in [6, 6.07) is 0.0839. The third-order valence-corrected chi connectivity index (χ3v) is 2.53. The molecule has 0 spiro atoms. The Kier molecular flexibility index (Phi) is 4.55. The highest BCUT2D eigenvalue weighted by Gasteiger charge is 2.03. The molecule has 1 aromatic heterocycles. The molecule has 14 heavy (non-hydrogen) atoms. The van der Waals surface area contributed by atoms with Gasteiger partial charge in [-0.2, -0.15) is 0 Å². The third-order valence-electron chi connectivity index (χ3n) is 1.75. The largest absolute Gasteiger partial charge is 0.350 e. The summed E-state index contributed by atoms with van der Waals surface area (Å²) < 4.78 is 0. The van der Waals surface area contributed by atoms with E-state index in [9.17, 15) is 4.79 Å². The summed E-state index contributed by atoms with van der Waals surface area (Å²) in [5, 5.41) is 5.62. The molecule has 0 saturated heterocycles. The lowest BCUT2D eigenvalue weighted by molar-refractivity contribution is -0.121. The Labute approximate surface area is 87.5 Å². The van der Waals surface area contributed by atoms with E-state index in [-0.39, 0.29) is 11.9 Å². The maximum Gasteiger partial charge on any atom is 0.220 e. The van der Waals surface area contributed by atoms with Crippen molar-refractivity contribution in [2.24, 2.45) is 5.73 Å². The number of hydrogen-bond donors (Lipinski definition) is 2. The molecule has 5 heteroatoms. The summed E-state index contributed by atoms with van der Waals surface area (Å²) in [5.74, 6) is 0.0394. The van der Waals surface area contributed by atoms with Gasteiger partial charge in [0.1, 0.15) is 5.01 Å². The Balaban J connectivity index is 2.15. The molecule has 1 heterocycles. The van der Waals surface area contributed by atoms with Crippen LogP contribution in [-0.4, -0.2) is 16.9 Å². The SMILES string of the molecule is CC(N)CCC(=O)NCc1nccs1. The van der Waals surface area contributed by atoms with Crippen molar-refractivity contribution < 1.29 is 4.79 Å². The molecular weight excluding hydrogens is 198 g/mol. The van der Waals surface area contributed by atoms with Gasteiger partial charge in [0.25, 0.3) is 0 Å². The molecule has 0 radical (unpaired) electrons. The molecule has 1 rings (SSSR count). The van der Waals surface area contributed by atoms with Crippen molar-refractivity contribution in [2.45, 2.75) is 32.4 Å². The van der Waals surface area contributed by atoms with E-state index in [2.05, 4.69) is 10.3 Å². The number of hydrogen-bond acceptors (Lipinski definition) is 4. The number of rotatable bonds is 5. The molecule has 0 saturated carbocycles. The van der Waals surface area contributed by atoms with E-state index in [1.807, 2.05) is 12.3 Å². The lowest BCUT2D eigenvalue weighted by Gasteiger charge is -2.05. The zero-order chi connectivity index (χ0) is 10.4. The van der Waals surface area contributed by atoms with Crippen molar-refractivity contribution in [2.75, 3.05) is 0 Å². The Bertz CT molecular complexity index is 272. The van der Waals surface area contributed by atoms with Crippen LogP contribution >= 0.6 is 11.3 Å². The van der Waals surface area contributed by atoms with E-state index < -0.39 is 0 Å². The van der Waals surface area contributed by atoms with Gasteiger partial charge in [0.2, 0.25) is 5.91 Å². The van der Waals surface area contributed by atoms with Crippen LogP contribution in [0.2, 0.25) is 0 Å². The van der Waals surface area contributed by atoms with Gasteiger partial charge in [0.05, 0.1) is 6.54 Å². The second-order valence-corrected chi connectivity index (χ2v) is 4.20. The lowest BCUT2D eigenvalue weighted by atomic mass is 10.2. The average molecular weight is 213 g/mol. The predicted octanol–water partition coefficient (Wildman–Crippen LogP) is 0.887. The minimum Gasteiger partial charge on any atom is -0.350 e. The van der Waals surface area contributed by atoms with Gasteiger partial charge >= 0.3 is 0 Å². The maximum atomic E-state index is 11.3. The van der Waals surface area contributed by atoms with Crippen molar-refractivity contribution in [3.63, 3.8) is 0 Å². The van der Waals surface area contributed by atoms with E-state index in [4.69, 9.17) is 5.73 Å². The summed E-state index contributed by atoms with van der Waals surface area (Å²) in [4.78, 5) is 15.3. The van der Waals surface area contributed by atoms with Gasteiger partial charge in [-0.3, -0.25) is 4.79 Å². The molecule has 0 aliphatic heterocycles. The molecule has 1 unspecified atom stereocenters. The predicted molar refractivity (Wildman–Crippen MR) is 56.8 cm³/mol. The van der Waals surface area contributed by atoms with Crippen molar-refractivity contribution in [1.82, 2.24) is 10.3 Å². The molecule has 0 aliphatic rings. The summed E-state index contributed by atoms with van der Waals surface area (Å²) in [5.41, 5.74) is 5.54. The number of nitrogens with zero attached hydrogens (tertiary/aromatic N) is 1. The van der Waals surface area contributed by atoms with Gasteiger partial charge in [-0.1, -0.05) is 0 Å². The number of thiazole rings is 1. The molecule has 78 valence electrons. The molecule has 1 amide bonds. The first-order chi connectivity index (χ1) is 6.68.